The van der Waals surface area contributed by atoms with Crippen LogP contribution >= 0.6 is 11.6 Å². The zero-order chi connectivity index (χ0) is 17.8. The molecule has 1 amide bonds. The topological polar surface area (TPSA) is 85.8 Å². The van der Waals surface area contributed by atoms with E-state index in [9.17, 15) is 4.79 Å². The average molecular weight is 356 g/mol. The van der Waals surface area contributed by atoms with Crippen LogP contribution in [0.15, 0.2) is 47.4 Å². The molecule has 2 aromatic heterocycles. The molecule has 0 saturated carbocycles. The van der Waals surface area contributed by atoms with E-state index in [1.807, 2.05) is 31.2 Å². The summed E-state index contributed by atoms with van der Waals surface area (Å²) in [7, 11) is 0. The van der Waals surface area contributed by atoms with Crippen LogP contribution in [0, 0.1) is 6.92 Å². The Morgan fingerprint density at radius 1 is 1.36 bits per heavy atom. The molecule has 0 radical (unpaired) electrons. The van der Waals surface area contributed by atoms with Gasteiger partial charge in [-0.25, -0.2) is 0 Å². The van der Waals surface area contributed by atoms with E-state index in [1.165, 1.54) is 12.3 Å². The molecule has 0 spiro atoms. The van der Waals surface area contributed by atoms with Crippen molar-refractivity contribution in [3.8, 4) is 11.3 Å². The maximum Gasteiger partial charge on any atom is 0.270 e. The molecule has 0 aliphatic rings. The number of nitrogens with zero attached hydrogens (tertiary/aromatic N) is 4. The fraction of sp³-hybridized carbons (Fsp3) is 0.0588. The molecule has 1 aromatic carbocycles. The summed E-state index contributed by atoms with van der Waals surface area (Å²) in [6.07, 6.45) is 4.23. The minimum atomic E-state index is -0.403. The van der Waals surface area contributed by atoms with E-state index in [-0.39, 0.29) is 5.95 Å². The predicted molar refractivity (Wildman–Crippen MR) is 95.8 cm³/mol. The van der Waals surface area contributed by atoms with Gasteiger partial charge in [-0.1, -0.05) is 35.4 Å². The van der Waals surface area contributed by atoms with E-state index in [1.54, 1.807) is 12.1 Å². The third-order valence-corrected chi connectivity index (χ3v) is 3.72. The number of carbonyl (C=O) groups is 1. The third kappa shape index (κ3) is 4.02. The number of halogens is 1. The number of rotatable bonds is 5. The first-order valence-corrected chi connectivity index (χ1v) is 7.70. The summed E-state index contributed by atoms with van der Waals surface area (Å²) in [6, 6.07) is 9.26. The number of aryl methyl sites for hydroxylation is 1. The first kappa shape index (κ1) is 16.7. The van der Waals surface area contributed by atoms with Crippen molar-refractivity contribution in [2.45, 2.75) is 6.92 Å². The van der Waals surface area contributed by atoms with Crippen molar-refractivity contribution in [1.82, 2.24) is 20.2 Å². The smallest absolute Gasteiger partial charge is 0.270 e. The van der Waals surface area contributed by atoms with Crippen LogP contribution in [0.5, 0.6) is 0 Å². The highest BCUT2D eigenvalue weighted by Crippen LogP contribution is 2.27. The molecule has 0 atom stereocenters. The van der Waals surface area contributed by atoms with Gasteiger partial charge in [-0.15, -0.1) is 9.90 Å². The third-order valence-electron chi connectivity index (χ3n) is 3.31. The fourth-order valence-electron chi connectivity index (χ4n) is 2.01. The van der Waals surface area contributed by atoms with Gasteiger partial charge < -0.3 is 4.42 Å². The number of nitrogens with one attached hydrogen (secondary N) is 1. The molecule has 2 heterocycles. The summed E-state index contributed by atoms with van der Waals surface area (Å²) < 4.78 is 5.70. The van der Waals surface area contributed by atoms with Crippen LogP contribution in [-0.2, 0) is 4.79 Å². The van der Waals surface area contributed by atoms with Gasteiger partial charge in [0.1, 0.15) is 11.5 Å². The molecule has 0 bridgehead atoms. The molecule has 3 aromatic rings. The van der Waals surface area contributed by atoms with Crippen LogP contribution in [0.3, 0.4) is 0 Å². The number of benzene rings is 1. The zero-order valence-corrected chi connectivity index (χ0v) is 14.1. The second-order valence-electron chi connectivity index (χ2n) is 5.10. The van der Waals surface area contributed by atoms with Gasteiger partial charge in [-0.3, -0.25) is 10.1 Å². The molecule has 25 heavy (non-hydrogen) atoms. The van der Waals surface area contributed by atoms with Crippen molar-refractivity contribution >= 4 is 35.7 Å². The maximum atomic E-state index is 11.8. The standard InChI is InChI=1S/C17H14ClN5O2/c1-3-23-21-17(20-22-23)19-16(24)9-7-13-6-8-15(25-13)12-5-4-11(2)14(18)10-12/h3-10H,1H2,2H3,(H,19,21,24)/b9-7+. The number of hydrogen-bond donors (Lipinski definition) is 1. The largest absolute Gasteiger partial charge is 0.457 e. The number of tetrazole rings is 1. The monoisotopic (exact) mass is 355 g/mol. The Bertz CT molecular complexity index is 958. The number of anilines is 1. The molecular formula is C17H14ClN5O2. The number of aromatic nitrogens is 4. The van der Waals surface area contributed by atoms with Gasteiger partial charge in [0.2, 0.25) is 0 Å². The Balaban J connectivity index is 1.67. The molecule has 8 heteroatoms. The normalized spacial score (nSPS) is 11.0. The van der Waals surface area contributed by atoms with E-state index in [0.29, 0.717) is 16.5 Å². The minimum Gasteiger partial charge on any atom is -0.457 e. The van der Waals surface area contributed by atoms with Gasteiger partial charge in [0.25, 0.3) is 11.9 Å². The first-order valence-electron chi connectivity index (χ1n) is 7.32. The molecule has 0 aliphatic heterocycles. The Morgan fingerprint density at radius 2 is 2.20 bits per heavy atom. The molecule has 7 nitrogen and oxygen atoms in total. The number of furan rings is 1. The maximum absolute atomic E-state index is 11.8. The first-order chi connectivity index (χ1) is 12.0. The SMILES string of the molecule is C=Cn1nnc(NC(=O)/C=C/c2ccc(-c3ccc(C)c(Cl)c3)o2)n1. The van der Waals surface area contributed by atoms with Crippen LogP contribution in [0.4, 0.5) is 5.95 Å². The average Bonchev–Trinajstić information content (AvgIpc) is 3.24. The molecular weight excluding hydrogens is 342 g/mol. The Labute approximate surface area is 148 Å². The molecule has 126 valence electrons. The lowest BCUT2D eigenvalue weighted by Gasteiger charge is -2.00. The van der Waals surface area contributed by atoms with E-state index in [0.717, 1.165) is 15.9 Å². The number of hydrogen-bond acceptors (Lipinski definition) is 5. The summed E-state index contributed by atoms with van der Waals surface area (Å²) >= 11 is 6.13. The van der Waals surface area contributed by atoms with Crippen molar-refractivity contribution < 1.29 is 9.21 Å². The van der Waals surface area contributed by atoms with Crippen molar-refractivity contribution in [3.63, 3.8) is 0 Å². The van der Waals surface area contributed by atoms with Crippen LogP contribution < -0.4 is 5.32 Å². The van der Waals surface area contributed by atoms with Gasteiger partial charge in [0, 0.05) is 22.9 Å². The van der Waals surface area contributed by atoms with E-state index >= 15 is 0 Å². The highest BCUT2D eigenvalue weighted by molar-refractivity contribution is 6.31. The molecule has 0 aliphatic carbocycles. The fourth-order valence-corrected chi connectivity index (χ4v) is 2.19. The van der Waals surface area contributed by atoms with Gasteiger partial charge in [0.15, 0.2) is 0 Å². The van der Waals surface area contributed by atoms with Crippen molar-refractivity contribution in [2.75, 3.05) is 5.32 Å². The highest BCUT2D eigenvalue weighted by Gasteiger charge is 2.07. The van der Waals surface area contributed by atoms with Crippen molar-refractivity contribution in [1.29, 1.82) is 0 Å². The minimum absolute atomic E-state index is 0.0870. The molecule has 0 fully saturated rings. The lowest BCUT2D eigenvalue weighted by molar-refractivity contribution is -0.111. The van der Waals surface area contributed by atoms with Crippen LogP contribution in [0.1, 0.15) is 11.3 Å². The van der Waals surface area contributed by atoms with Crippen LogP contribution in [-0.4, -0.2) is 26.1 Å². The predicted octanol–water partition coefficient (Wildman–Crippen LogP) is 3.65. The Kier molecular flexibility index (Phi) is 4.76. The summed E-state index contributed by atoms with van der Waals surface area (Å²) in [5.41, 5.74) is 1.86. The van der Waals surface area contributed by atoms with Gasteiger partial charge in [0.05, 0.1) is 0 Å². The van der Waals surface area contributed by atoms with E-state index < -0.39 is 5.91 Å². The lowest BCUT2D eigenvalue weighted by Crippen LogP contribution is -2.09. The Hall–Kier alpha value is -3.19. The molecule has 3 rings (SSSR count). The second kappa shape index (κ2) is 7.14. The summed E-state index contributed by atoms with van der Waals surface area (Å²) in [4.78, 5) is 13.0. The molecule has 0 unspecified atom stereocenters. The highest BCUT2D eigenvalue weighted by atomic mass is 35.5. The zero-order valence-electron chi connectivity index (χ0n) is 13.3. The van der Waals surface area contributed by atoms with Crippen molar-refractivity contribution in [2.24, 2.45) is 0 Å². The lowest BCUT2D eigenvalue weighted by atomic mass is 10.1. The van der Waals surface area contributed by atoms with Gasteiger partial charge in [-0.05, 0) is 42.0 Å². The number of carbonyl (C=O) groups excluding carboxylic acids is 1. The van der Waals surface area contributed by atoms with Gasteiger partial charge in [-0.2, -0.15) is 0 Å². The molecule has 0 saturated heterocycles. The van der Waals surface area contributed by atoms with Crippen LogP contribution in [0.2, 0.25) is 5.02 Å². The summed E-state index contributed by atoms with van der Waals surface area (Å²) in [5, 5.41) is 14.3. The van der Waals surface area contributed by atoms with E-state index in [4.69, 9.17) is 16.0 Å². The molecule has 1 N–H and O–H groups in total. The van der Waals surface area contributed by atoms with Crippen molar-refractivity contribution in [3.05, 3.63) is 59.3 Å². The second-order valence-corrected chi connectivity index (χ2v) is 5.51. The quantitative estimate of drug-likeness (QED) is 0.706. The number of amides is 1. The summed E-state index contributed by atoms with van der Waals surface area (Å²) in [6.45, 7) is 5.42. The summed E-state index contributed by atoms with van der Waals surface area (Å²) in [5.74, 6) is 0.881. The van der Waals surface area contributed by atoms with Crippen LogP contribution in [0.25, 0.3) is 23.6 Å². The Morgan fingerprint density at radius 3 is 2.92 bits per heavy atom. The van der Waals surface area contributed by atoms with E-state index in [2.05, 4.69) is 27.3 Å². The van der Waals surface area contributed by atoms with Gasteiger partial charge >= 0.3 is 0 Å².